The highest BCUT2D eigenvalue weighted by Crippen LogP contribution is 2.37. The highest BCUT2D eigenvalue weighted by atomic mass is 16.2. The number of benzene rings is 2. The van der Waals surface area contributed by atoms with Crippen molar-refractivity contribution in [2.75, 3.05) is 4.90 Å². The molecule has 0 spiro atoms. The second-order valence-corrected chi connectivity index (χ2v) is 13.2. The largest absolute Gasteiger partial charge is 0.351 e. The maximum absolute atomic E-state index is 13.5. The summed E-state index contributed by atoms with van der Waals surface area (Å²) in [7, 11) is 0. The lowest BCUT2D eigenvalue weighted by Crippen LogP contribution is -2.33. The third kappa shape index (κ3) is 13.8. The number of aryl methyl sites for hydroxylation is 2. The Morgan fingerprint density at radius 3 is 1.11 bits per heavy atom. The number of rotatable bonds is 26. The van der Waals surface area contributed by atoms with E-state index in [1.165, 1.54) is 138 Å². The van der Waals surface area contributed by atoms with Crippen molar-refractivity contribution in [2.24, 2.45) is 5.73 Å². The van der Waals surface area contributed by atoms with Gasteiger partial charge in [0.25, 0.3) is 0 Å². The fourth-order valence-corrected chi connectivity index (χ4v) is 6.72. The zero-order valence-electron chi connectivity index (χ0n) is 29.4. The summed E-state index contributed by atoms with van der Waals surface area (Å²) in [6.45, 7) is 9.10. The normalized spacial score (nSPS) is 11.3. The average molecular weight is 605 g/mol. The third-order valence-corrected chi connectivity index (χ3v) is 9.36. The third-order valence-electron chi connectivity index (χ3n) is 9.36. The van der Waals surface area contributed by atoms with E-state index in [0.717, 1.165) is 49.9 Å². The fourth-order valence-electron chi connectivity index (χ4n) is 6.72. The van der Waals surface area contributed by atoms with E-state index in [1.807, 2.05) is 4.90 Å². The lowest BCUT2D eigenvalue weighted by molar-refractivity contribution is 0.256. The van der Waals surface area contributed by atoms with E-state index >= 15 is 0 Å². The predicted octanol–water partition coefficient (Wildman–Crippen LogP) is 13.0. The molecule has 0 atom stereocenters. The molecule has 0 aliphatic carbocycles. The van der Waals surface area contributed by atoms with Crippen LogP contribution in [0.4, 0.5) is 16.2 Å². The number of urea groups is 1. The van der Waals surface area contributed by atoms with E-state index in [9.17, 15) is 4.79 Å². The molecule has 44 heavy (non-hydrogen) atoms. The number of hydrogen-bond acceptors (Lipinski definition) is 1. The van der Waals surface area contributed by atoms with Gasteiger partial charge in [-0.1, -0.05) is 155 Å². The topological polar surface area (TPSA) is 46.3 Å². The minimum atomic E-state index is -0.357. The molecule has 2 aromatic rings. The van der Waals surface area contributed by atoms with Gasteiger partial charge in [0.15, 0.2) is 0 Å². The Hall–Kier alpha value is -2.29. The fraction of sp³-hybridized carbons (Fsp3) is 0.683. The van der Waals surface area contributed by atoms with Gasteiger partial charge < -0.3 is 5.73 Å². The van der Waals surface area contributed by atoms with Crippen molar-refractivity contribution in [3.8, 4) is 0 Å². The van der Waals surface area contributed by atoms with Gasteiger partial charge in [0.05, 0.1) is 11.4 Å². The summed E-state index contributed by atoms with van der Waals surface area (Å²) in [6.07, 6.45) is 29.4. The smallest absolute Gasteiger partial charge is 0.323 e. The first kappa shape index (κ1) is 37.9. The van der Waals surface area contributed by atoms with E-state index in [2.05, 4.69) is 64.1 Å². The van der Waals surface area contributed by atoms with Crippen molar-refractivity contribution in [1.82, 2.24) is 0 Å². The molecule has 0 fully saturated rings. The van der Waals surface area contributed by atoms with Crippen molar-refractivity contribution in [2.45, 2.75) is 182 Å². The van der Waals surface area contributed by atoms with Crippen LogP contribution < -0.4 is 10.6 Å². The quantitative estimate of drug-likeness (QED) is 0.107. The minimum Gasteiger partial charge on any atom is -0.351 e. The molecule has 3 heteroatoms. The zero-order valence-corrected chi connectivity index (χ0v) is 29.4. The standard InChI is InChI=1S/C41H68N2O/c1-5-9-13-17-21-27-35-29-25-33-39(37(35)31-23-19-15-11-7-3)43(41(42)44)40-34-26-30-36(28-22-18-14-10-6-2)38(40)32-24-20-16-12-8-4/h25-26,29-30,33-34H,5-24,27-28,31-32H2,1-4H3,(H2,42,44). The number of nitrogens with two attached hydrogens (primary N) is 1. The lowest BCUT2D eigenvalue weighted by Gasteiger charge is -2.28. The molecule has 0 aliphatic heterocycles. The van der Waals surface area contributed by atoms with Gasteiger partial charge in [0, 0.05) is 0 Å². The molecule has 2 amide bonds. The Labute approximate surface area is 272 Å². The molecule has 0 unspecified atom stereocenters. The first-order valence-corrected chi connectivity index (χ1v) is 18.9. The van der Waals surface area contributed by atoms with Gasteiger partial charge in [-0.05, 0) is 85.8 Å². The molecule has 0 saturated carbocycles. The Morgan fingerprint density at radius 1 is 0.477 bits per heavy atom. The maximum Gasteiger partial charge on any atom is 0.323 e. The zero-order chi connectivity index (χ0) is 31.8. The number of anilines is 2. The Morgan fingerprint density at radius 2 is 0.795 bits per heavy atom. The highest BCUT2D eigenvalue weighted by Gasteiger charge is 2.24. The van der Waals surface area contributed by atoms with Gasteiger partial charge in [-0.15, -0.1) is 0 Å². The first-order chi connectivity index (χ1) is 21.6. The van der Waals surface area contributed by atoms with E-state index in [1.54, 1.807) is 0 Å². The molecule has 2 rings (SSSR count). The second kappa shape index (κ2) is 24.0. The Kier molecular flexibility index (Phi) is 20.7. The van der Waals surface area contributed by atoms with Crippen LogP contribution in [0.15, 0.2) is 36.4 Å². The number of primary amides is 1. The summed E-state index contributed by atoms with van der Waals surface area (Å²) in [5.74, 6) is 0. The molecule has 0 saturated heterocycles. The Balaban J connectivity index is 2.47. The van der Waals surface area contributed by atoms with Crippen molar-refractivity contribution < 1.29 is 4.79 Å². The van der Waals surface area contributed by atoms with Crippen LogP contribution >= 0.6 is 0 Å². The first-order valence-electron chi connectivity index (χ1n) is 18.9. The van der Waals surface area contributed by atoms with E-state index in [4.69, 9.17) is 5.73 Å². The van der Waals surface area contributed by atoms with Crippen LogP contribution in [-0.4, -0.2) is 6.03 Å². The van der Waals surface area contributed by atoms with Gasteiger partial charge in [0.2, 0.25) is 0 Å². The van der Waals surface area contributed by atoms with Gasteiger partial charge in [-0.3, -0.25) is 4.90 Å². The van der Waals surface area contributed by atoms with Crippen LogP contribution in [0.25, 0.3) is 0 Å². The molecule has 2 N–H and O–H groups in total. The van der Waals surface area contributed by atoms with Gasteiger partial charge in [0.1, 0.15) is 0 Å². The molecular weight excluding hydrogens is 536 g/mol. The molecule has 0 aliphatic rings. The summed E-state index contributed by atoms with van der Waals surface area (Å²) in [4.78, 5) is 15.4. The van der Waals surface area contributed by atoms with Gasteiger partial charge in [-0.2, -0.15) is 0 Å². The van der Waals surface area contributed by atoms with Gasteiger partial charge in [-0.25, -0.2) is 4.79 Å². The molecule has 0 heterocycles. The predicted molar refractivity (Wildman–Crippen MR) is 194 cm³/mol. The highest BCUT2D eigenvalue weighted by molar-refractivity contribution is 6.00. The SMILES string of the molecule is CCCCCCCc1cccc(N(C(N)=O)c2cccc(CCCCCCC)c2CCCCCCC)c1CCCCCCC. The van der Waals surface area contributed by atoms with Crippen LogP contribution in [0.1, 0.15) is 178 Å². The monoisotopic (exact) mass is 605 g/mol. The summed E-state index contributed by atoms with van der Waals surface area (Å²) < 4.78 is 0. The van der Waals surface area contributed by atoms with Crippen LogP contribution in [0.3, 0.4) is 0 Å². The molecule has 0 aromatic heterocycles. The number of carbonyl (C=O) groups is 1. The summed E-state index contributed by atoms with van der Waals surface area (Å²) in [5.41, 5.74) is 13.9. The summed E-state index contributed by atoms with van der Waals surface area (Å²) >= 11 is 0. The summed E-state index contributed by atoms with van der Waals surface area (Å²) in [6, 6.07) is 12.9. The number of carbonyl (C=O) groups excluding carboxylic acids is 1. The molecule has 3 nitrogen and oxygen atoms in total. The van der Waals surface area contributed by atoms with Crippen molar-refractivity contribution in [3.05, 3.63) is 58.7 Å². The van der Waals surface area contributed by atoms with Crippen molar-refractivity contribution in [1.29, 1.82) is 0 Å². The average Bonchev–Trinajstić information content (AvgIpc) is 3.02. The number of amides is 2. The maximum atomic E-state index is 13.5. The Bertz CT molecular complexity index is 954. The van der Waals surface area contributed by atoms with Gasteiger partial charge >= 0.3 is 6.03 Å². The van der Waals surface area contributed by atoms with E-state index in [0.29, 0.717) is 0 Å². The second-order valence-electron chi connectivity index (χ2n) is 13.2. The van der Waals surface area contributed by atoms with E-state index in [-0.39, 0.29) is 6.03 Å². The van der Waals surface area contributed by atoms with Crippen LogP contribution in [-0.2, 0) is 25.7 Å². The number of unbranched alkanes of at least 4 members (excludes halogenated alkanes) is 16. The van der Waals surface area contributed by atoms with Crippen LogP contribution in [0.2, 0.25) is 0 Å². The van der Waals surface area contributed by atoms with E-state index < -0.39 is 0 Å². The number of hydrogen-bond donors (Lipinski definition) is 1. The lowest BCUT2D eigenvalue weighted by atomic mass is 9.92. The number of nitrogens with zero attached hydrogens (tertiary/aromatic N) is 1. The van der Waals surface area contributed by atoms with Crippen molar-refractivity contribution >= 4 is 17.4 Å². The molecular formula is C41H68N2O. The molecule has 0 bridgehead atoms. The summed E-state index contributed by atoms with van der Waals surface area (Å²) in [5, 5.41) is 0. The minimum absolute atomic E-state index is 0.357. The molecule has 248 valence electrons. The molecule has 2 aromatic carbocycles. The van der Waals surface area contributed by atoms with Crippen molar-refractivity contribution in [3.63, 3.8) is 0 Å². The van der Waals surface area contributed by atoms with Crippen LogP contribution in [0, 0.1) is 0 Å². The molecule has 0 radical (unpaired) electrons. The van der Waals surface area contributed by atoms with Crippen LogP contribution in [0.5, 0.6) is 0 Å².